The summed E-state index contributed by atoms with van der Waals surface area (Å²) < 4.78 is 66.8. The Morgan fingerprint density at radius 1 is 0.422 bits per heavy atom. The van der Waals surface area contributed by atoms with Gasteiger partial charge in [0, 0.05) is 74.9 Å². The van der Waals surface area contributed by atoms with E-state index in [0.29, 0.717) is 44.9 Å². The normalized spacial score (nSPS) is 12.0. The van der Waals surface area contributed by atoms with Crippen LogP contribution in [0.3, 0.4) is 0 Å². The number of phenols is 1. The summed E-state index contributed by atoms with van der Waals surface area (Å²) >= 11 is 0. The van der Waals surface area contributed by atoms with Crippen molar-refractivity contribution in [2.45, 2.75) is 71.5 Å². The summed E-state index contributed by atoms with van der Waals surface area (Å²) in [4.78, 5) is 68.6. The number of alkyl halides is 3. The number of aliphatic hydroxyl groups is 2. The van der Waals surface area contributed by atoms with Crippen LogP contribution in [0, 0.1) is 0 Å². The lowest BCUT2D eigenvalue weighted by Crippen LogP contribution is -2.39. The van der Waals surface area contributed by atoms with Crippen molar-refractivity contribution >= 4 is 122 Å². The van der Waals surface area contributed by atoms with Crippen LogP contribution in [0.25, 0.3) is 86.2 Å². The van der Waals surface area contributed by atoms with E-state index < -0.39 is 41.6 Å². The number of carboxylic acids is 1. The van der Waals surface area contributed by atoms with Crippen molar-refractivity contribution in [3.8, 4) is 5.75 Å². The largest absolute Gasteiger partial charge is 0.512 e. The first kappa shape index (κ1) is 78.1. The molecule has 1 unspecified atom stereocenters. The van der Waals surface area contributed by atoms with Gasteiger partial charge in [0.05, 0.1) is 11.3 Å². The number of allylic oxidation sites excluding steroid dienone is 2. The number of phenolic OH excluding ortho intramolecular Hbond substituents is 1. The number of fused-ring (bicyclic) bond motifs is 9. The van der Waals surface area contributed by atoms with Gasteiger partial charge in [-0.1, -0.05) is 245 Å². The van der Waals surface area contributed by atoms with Crippen LogP contribution in [0.5, 0.6) is 5.75 Å². The molecule has 0 bridgehead atoms. The van der Waals surface area contributed by atoms with Gasteiger partial charge in [-0.3, -0.25) is 0 Å². The molecule has 14 rings (SSSR count). The Morgan fingerprint density at radius 3 is 1.10 bits per heavy atom. The van der Waals surface area contributed by atoms with E-state index in [0.717, 1.165) is 113 Å². The summed E-state index contributed by atoms with van der Waals surface area (Å²) in [6.45, 7) is 20.1. The van der Waals surface area contributed by atoms with E-state index in [1.165, 1.54) is 23.8 Å². The number of carbonyl (C=O) groups is 6. The third kappa shape index (κ3) is 17.9. The van der Waals surface area contributed by atoms with Crippen LogP contribution in [0.15, 0.2) is 293 Å². The topological polar surface area (TPSA) is 229 Å². The first-order valence-corrected chi connectivity index (χ1v) is 34.3. The molecule has 1 aliphatic rings. The summed E-state index contributed by atoms with van der Waals surface area (Å²) in [6, 6.07) is 66.8. The van der Waals surface area contributed by atoms with Crippen LogP contribution in [-0.4, -0.2) is 62.4 Å². The van der Waals surface area contributed by atoms with Crippen LogP contribution in [-0.2, 0) is 99.1 Å². The molecule has 0 fully saturated rings. The van der Waals surface area contributed by atoms with Crippen molar-refractivity contribution in [1.29, 1.82) is 0 Å². The lowest BCUT2D eigenvalue weighted by molar-refractivity contribution is -0.257. The second-order valence-electron chi connectivity index (χ2n) is 25.3. The molecule has 13 aromatic rings. The SMILES string of the molecule is C=C(C)C(=O)OCc1ccc2c(c1)CC=C(O)C2.C=CC(=O)OCc1c2ccccc2c(C(=O)O)c2ccccc12.C=CC(=O)OCc1c2ccccc2c(C(C)(O)C(F)(F)F)c2ccccc12.C=CC(=O)OCc1c2ccccc2c(O)c2ccccc12.C=CC(=O)OCc1c2ccccc2cc2ccccc12. The molecule has 1 aliphatic carbocycles. The molecule has 4 N–H and O–H groups in total. The number of esters is 5. The molecular weight excluding hydrogens is 1390 g/mol. The molecule has 0 saturated heterocycles. The molecule has 0 amide bonds. The number of hydrogen-bond donors (Lipinski definition) is 4. The molecule has 18 heteroatoms. The molecule has 550 valence electrons. The number of carbonyl (C=O) groups excluding carboxylic acids is 5. The first-order valence-electron chi connectivity index (χ1n) is 34.3. The van der Waals surface area contributed by atoms with Crippen molar-refractivity contribution in [2.24, 2.45) is 0 Å². The minimum Gasteiger partial charge on any atom is -0.512 e. The quantitative estimate of drug-likeness (QED) is 0.0288. The zero-order valence-electron chi connectivity index (χ0n) is 59.6. The van der Waals surface area contributed by atoms with Gasteiger partial charge in [0.1, 0.15) is 38.8 Å². The van der Waals surface area contributed by atoms with Crippen LogP contribution in [0.2, 0.25) is 0 Å². The summed E-state index contributed by atoms with van der Waals surface area (Å²) in [5.74, 6) is -2.69. The number of rotatable bonds is 17. The number of ether oxygens (including phenoxy) is 5. The standard InChI is InChI=1S/C21H17F3O3.C19H14O4.C18H14O3.C18H14O2.C15H16O3/c1-3-18(25)27-12-17-13-8-4-6-10-15(13)19(20(2,26)21(22,23)24)16-11-7-5-9-14(16)17;1-2-17(20)23-11-16-12-7-3-5-9-14(12)18(19(21)22)15-10-6-4-8-13(15)16;1-2-17(19)21-11-16-12-7-3-5-9-14(12)18(20)15-10-6-4-8-13(15)16;1-2-18(19)20-12-17-15-9-5-3-7-13(15)11-14-8-4-6-10-16(14)17;1-10(2)15(17)18-9-11-3-4-13-8-14(16)6-5-12(13)7-11/h3-11,26H,1,12H2,2H3;2-10H,1,11H2,(H,21,22);2-10,20H,1,11H2;2-11H,1,12H2;3-4,6-7,16H,1,5,8-9H2,2H3. The van der Waals surface area contributed by atoms with Gasteiger partial charge < -0.3 is 44.1 Å². The van der Waals surface area contributed by atoms with Crippen molar-refractivity contribution in [3.05, 3.63) is 343 Å². The van der Waals surface area contributed by atoms with E-state index in [2.05, 4.69) is 63.2 Å². The van der Waals surface area contributed by atoms with E-state index in [9.17, 15) is 62.4 Å². The lowest BCUT2D eigenvalue weighted by Gasteiger charge is -2.30. The number of aliphatic hydroxyl groups excluding tert-OH is 1. The van der Waals surface area contributed by atoms with Crippen LogP contribution in [0.1, 0.15) is 68.7 Å². The maximum Gasteiger partial charge on any atom is 0.421 e. The van der Waals surface area contributed by atoms with Gasteiger partial charge in [0.2, 0.25) is 0 Å². The molecule has 15 nitrogen and oxygen atoms in total. The van der Waals surface area contributed by atoms with Crippen LogP contribution in [0.4, 0.5) is 13.2 Å². The summed E-state index contributed by atoms with van der Waals surface area (Å²) in [5.41, 5.74) is 3.93. The number of carboxylic acid groups (broad SMARTS) is 1. The molecule has 13 aromatic carbocycles. The van der Waals surface area contributed by atoms with E-state index in [1.807, 2.05) is 121 Å². The molecule has 0 aromatic heterocycles. The Hall–Kier alpha value is -13.5. The maximum atomic E-state index is 13.6. The van der Waals surface area contributed by atoms with Gasteiger partial charge in [0.25, 0.3) is 0 Å². The average Bonchev–Trinajstić information content (AvgIpc) is 0.748. The van der Waals surface area contributed by atoms with Crippen LogP contribution < -0.4 is 0 Å². The first-order chi connectivity index (χ1) is 52.4. The minimum atomic E-state index is -4.87. The van der Waals surface area contributed by atoms with E-state index in [1.54, 1.807) is 67.6 Å². The average molecular weight is 1470 g/mol. The second-order valence-corrected chi connectivity index (χ2v) is 25.3. The third-order valence-corrected chi connectivity index (χ3v) is 18.3. The Balaban J connectivity index is 0.000000146. The Morgan fingerprint density at radius 2 is 0.743 bits per heavy atom. The molecule has 1 atom stereocenters. The number of hydrogen-bond acceptors (Lipinski definition) is 14. The summed E-state index contributed by atoms with van der Waals surface area (Å²) in [7, 11) is 0. The Bertz CT molecular complexity index is 5560. The van der Waals surface area contributed by atoms with Crippen molar-refractivity contribution in [3.63, 3.8) is 0 Å². The fraction of sp³-hybridized carbons (Fsp3) is 0.121. The highest BCUT2D eigenvalue weighted by molar-refractivity contribution is 6.18. The Kier molecular flexibility index (Phi) is 25.2. The van der Waals surface area contributed by atoms with Crippen molar-refractivity contribution in [1.82, 2.24) is 0 Å². The monoisotopic (exact) mass is 1460 g/mol. The predicted octanol–water partition coefficient (Wildman–Crippen LogP) is 19.9. The van der Waals surface area contributed by atoms with Gasteiger partial charge in [-0.15, -0.1) is 0 Å². The molecule has 0 aliphatic heterocycles. The smallest absolute Gasteiger partial charge is 0.421 e. The van der Waals surface area contributed by atoms with E-state index >= 15 is 0 Å². The van der Waals surface area contributed by atoms with Gasteiger partial charge in [-0.25, -0.2) is 28.8 Å². The molecular formula is C91H75F3O15. The van der Waals surface area contributed by atoms with Gasteiger partial charge in [-0.2, -0.15) is 13.2 Å². The summed E-state index contributed by atoms with van der Waals surface area (Å²) in [6.07, 6.45) is 2.72. The molecule has 109 heavy (non-hydrogen) atoms. The predicted molar refractivity (Wildman–Crippen MR) is 419 cm³/mol. The van der Waals surface area contributed by atoms with E-state index in [4.69, 9.17) is 23.7 Å². The summed E-state index contributed by atoms with van der Waals surface area (Å²) in [5, 5.41) is 52.0. The third-order valence-electron chi connectivity index (χ3n) is 18.3. The number of aromatic carboxylic acids is 1. The van der Waals surface area contributed by atoms with Crippen molar-refractivity contribution in [2.75, 3.05) is 0 Å². The number of aromatic hydroxyl groups is 1. The lowest BCUT2D eigenvalue weighted by atomic mass is 9.83. The van der Waals surface area contributed by atoms with Gasteiger partial charge in [0.15, 0.2) is 5.60 Å². The number of benzene rings is 13. The van der Waals surface area contributed by atoms with Crippen molar-refractivity contribution < 1.29 is 86.0 Å². The minimum absolute atomic E-state index is 0.0613. The maximum absolute atomic E-state index is 13.6. The zero-order chi connectivity index (χ0) is 78.1. The fourth-order valence-electron chi connectivity index (χ4n) is 13.0. The highest BCUT2D eigenvalue weighted by Gasteiger charge is 2.52. The molecule has 0 radical (unpaired) electrons. The molecule has 0 heterocycles. The highest BCUT2D eigenvalue weighted by atomic mass is 19.4. The fourth-order valence-corrected chi connectivity index (χ4v) is 13.0. The molecule has 0 saturated carbocycles. The Labute approximate surface area is 625 Å². The zero-order valence-corrected chi connectivity index (χ0v) is 59.6. The molecule has 0 spiro atoms. The second kappa shape index (κ2) is 35.1. The van der Waals surface area contributed by atoms with E-state index in [-0.39, 0.29) is 66.7 Å². The van der Waals surface area contributed by atoms with Gasteiger partial charge >= 0.3 is 42.0 Å². The van der Waals surface area contributed by atoms with Gasteiger partial charge in [-0.05, 0) is 125 Å². The highest BCUT2D eigenvalue weighted by Crippen LogP contribution is 2.47. The van der Waals surface area contributed by atoms with Crippen LogP contribution >= 0.6 is 0 Å². The number of halogens is 3.